The Morgan fingerprint density at radius 3 is 3.36 bits per heavy atom. The van der Waals surface area contributed by atoms with Crippen molar-refractivity contribution in [2.24, 2.45) is 5.73 Å². The number of aromatic nitrogens is 2. The maximum atomic E-state index is 5.41. The fraction of sp³-hybridized carbons (Fsp3) is 0. The minimum atomic E-state index is 0.441. The summed E-state index contributed by atoms with van der Waals surface area (Å²) in [5, 5.41) is 0. The molecule has 2 rings (SSSR count). The number of hydroxylamine groups is 1. The summed E-state index contributed by atoms with van der Waals surface area (Å²) in [5.41, 5.74) is 8.60. The molecule has 5 heteroatoms. The zero-order chi connectivity index (χ0) is 7.68. The van der Waals surface area contributed by atoms with E-state index >= 15 is 0 Å². The maximum absolute atomic E-state index is 5.41. The van der Waals surface area contributed by atoms with E-state index in [0.29, 0.717) is 17.3 Å². The predicted molar refractivity (Wildman–Crippen MR) is 38.0 cm³/mol. The topological polar surface area (TPSA) is 73.1 Å². The van der Waals surface area contributed by atoms with E-state index in [9.17, 15) is 0 Å². The minimum Gasteiger partial charge on any atom is -0.383 e. The second-order valence-corrected chi connectivity index (χ2v) is 2.08. The average Bonchev–Trinajstić information content (AvgIpc) is 2.04. The molecule has 11 heavy (non-hydrogen) atoms. The van der Waals surface area contributed by atoms with Crippen molar-refractivity contribution >= 4 is 6.08 Å². The van der Waals surface area contributed by atoms with Crippen LogP contribution >= 0.6 is 0 Å². The molecule has 56 valence electrons. The second-order valence-electron chi connectivity index (χ2n) is 2.08. The van der Waals surface area contributed by atoms with Gasteiger partial charge in [-0.25, -0.2) is 15.4 Å². The number of fused-ring (bicyclic) bond motifs is 1. The molecule has 5 nitrogen and oxygen atoms in total. The number of hydrogen-bond donors (Lipinski definition) is 2. The van der Waals surface area contributed by atoms with Crippen molar-refractivity contribution in [3.63, 3.8) is 0 Å². The van der Waals surface area contributed by atoms with Crippen molar-refractivity contribution in [1.82, 2.24) is 15.4 Å². The first-order valence-electron chi connectivity index (χ1n) is 3.06. The van der Waals surface area contributed by atoms with E-state index in [0.717, 1.165) is 0 Å². The van der Waals surface area contributed by atoms with Crippen LogP contribution in [-0.4, -0.2) is 9.97 Å². The van der Waals surface area contributed by atoms with Crippen molar-refractivity contribution in [2.45, 2.75) is 0 Å². The van der Waals surface area contributed by atoms with E-state index in [1.165, 1.54) is 6.33 Å². The average molecular weight is 150 g/mol. The molecule has 3 N–H and O–H groups in total. The first-order chi connectivity index (χ1) is 5.36. The number of hydrogen-bond acceptors (Lipinski definition) is 5. The van der Waals surface area contributed by atoms with Gasteiger partial charge in [0.05, 0.1) is 6.20 Å². The highest BCUT2D eigenvalue weighted by atomic mass is 16.6. The van der Waals surface area contributed by atoms with Gasteiger partial charge in [-0.05, 0) is 0 Å². The molecule has 0 amide bonds. The summed E-state index contributed by atoms with van der Waals surface area (Å²) in [7, 11) is 0. The molecule has 1 aliphatic heterocycles. The van der Waals surface area contributed by atoms with Crippen LogP contribution in [0.3, 0.4) is 0 Å². The summed E-state index contributed by atoms with van der Waals surface area (Å²) in [5.74, 6) is 1.03. The zero-order valence-electron chi connectivity index (χ0n) is 5.61. The number of nitrogens with zero attached hydrogens (tertiary/aromatic N) is 2. The van der Waals surface area contributed by atoms with Gasteiger partial charge >= 0.3 is 0 Å². The van der Waals surface area contributed by atoms with Crippen LogP contribution in [0.4, 0.5) is 0 Å². The number of rotatable bonds is 0. The van der Waals surface area contributed by atoms with Gasteiger partial charge in [0.1, 0.15) is 17.8 Å². The minimum absolute atomic E-state index is 0.441. The molecule has 0 saturated heterocycles. The Labute approximate surface area is 62.9 Å². The van der Waals surface area contributed by atoms with Gasteiger partial charge in [-0.15, -0.1) is 0 Å². The van der Waals surface area contributed by atoms with Gasteiger partial charge in [0.25, 0.3) is 0 Å². The first kappa shape index (κ1) is 5.96. The molecule has 0 aromatic carbocycles. The monoisotopic (exact) mass is 150 g/mol. The van der Waals surface area contributed by atoms with Crippen molar-refractivity contribution < 1.29 is 4.84 Å². The smallest absolute Gasteiger partial charge is 0.199 e. The van der Waals surface area contributed by atoms with E-state index in [1.54, 1.807) is 12.3 Å². The van der Waals surface area contributed by atoms with E-state index in [-0.39, 0.29) is 0 Å². The molecule has 0 spiro atoms. The highest BCUT2D eigenvalue weighted by Gasteiger charge is 2.08. The van der Waals surface area contributed by atoms with E-state index in [4.69, 9.17) is 10.6 Å². The highest BCUT2D eigenvalue weighted by Crippen LogP contribution is 2.17. The molecule has 1 aromatic rings. The van der Waals surface area contributed by atoms with Crippen LogP contribution in [0.1, 0.15) is 5.69 Å². The predicted octanol–water partition coefficient (Wildman–Crippen LogP) is -0.369. The van der Waals surface area contributed by atoms with E-state index in [2.05, 4.69) is 15.4 Å². The first-order valence-corrected chi connectivity index (χ1v) is 3.06. The lowest BCUT2D eigenvalue weighted by Crippen LogP contribution is -2.26. The van der Waals surface area contributed by atoms with Crippen molar-refractivity contribution in [3.05, 3.63) is 24.0 Å². The van der Waals surface area contributed by atoms with Crippen LogP contribution in [0.5, 0.6) is 5.75 Å². The standard InChI is InChI=1S/C6H6N4O/c7-6-1-4-5(11-10-6)2-8-3-9-4/h1-3,10H,7H2. The van der Waals surface area contributed by atoms with Crippen LogP contribution < -0.4 is 16.1 Å². The second kappa shape index (κ2) is 2.12. The summed E-state index contributed by atoms with van der Waals surface area (Å²) in [4.78, 5) is 12.7. The van der Waals surface area contributed by atoms with Gasteiger partial charge in [0.15, 0.2) is 5.75 Å². The fourth-order valence-electron chi connectivity index (χ4n) is 0.804. The SMILES string of the molecule is NC1=Cc2ncncc2ON1. The highest BCUT2D eigenvalue weighted by molar-refractivity contribution is 5.55. The van der Waals surface area contributed by atoms with Gasteiger partial charge in [-0.3, -0.25) is 0 Å². The molecule has 0 radical (unpaired) electrons. The van der Waals surface area contributed by atoms with Gasteiger partial charge in [0.2, 0.25) is 0 Å². The van der Waals surface area contributed by atoms with Crippen LogP contribution in [-0.2, 0) is 0 Å². The summed E-state index contributed by atoms with van der Waals surface area (Å²) >= 11 is 0. The van der Waals surface area contributed by atoms with Gasteiger partial charge in [-0.2, -0.15) is 0 Å². The third kappa shape index (κ3) is 0.958. The number of nitrogens with one attached hydrogen (secondary N) is 1. The van der Waals surface area contributed by atoms with Crippen LogP contribution in [0, 0.1) is 0 Å². The zero-order valence-corrected chi connectivity index (χ0v) is 5.61. The lowest BCUT2D eigenvalue weighted by molar-refractivity contribution is 0.221. The van der Waals surface area contributed by atoms with Crippen LogP contribution in [0.15, 0.2) is 18.3 Å². The molecule has 0 unspecified atom stereocenters. The maximum Gasteiger partial charge on any atom is 0.199 e. The van der Waals surface area contributed by atoms with E-state index in [1.807, 2.05) is 0 Å². The Morgan fingerprint density at radius 1 is 1.55 bits per heavy atom. The molecule has 1 aromatic heterocycles. The molecule has 0 aliphatic carbocycles. The molecule has 0 atom stereocenters. The molecule has 0 saturated carbocycles. The number of nitrogens with two attached hydrogens (primary N) is 1. The van der Waals surface area contributed by atoms with Crippen molar-refractivity contribution in [3.8, 4) is 5.75 Å². The van der Waals surface area contributed by atoms with Crippen LogP contribution in [0.25, 0.3) is 6.08 Å². The Balaban J connectivity index is 2.51. The van der Waals surface area contributed by atoms with E-state index < -0.39 is 0 Å². The molecular weight excluding hydrogens is 144 g/mol. The normalized spacial score (nSPS) is 14.0. The van der Waals surface area contributed by atoms with Crippen molar-refractivity contribution in [2.75, 3.05) is 0 Å². The molecule has 0 fully saturated rings. The summed E-state index contributed by atoms with van der Waals surface area (Å²) in [6.45, 7) is 0. The third-order valence-electron chi connectivity index (χ3n) is 1.28. The summed E-state index contributed by atoms with van der Waals surface area (Å²) < 4.78 is 0. The Hall–Kier alpha value is -1.78. The lowest BCUT2D eigenvalue weighted by atomic mass is 10.3. The fourth-order valence-corrected chi connectivity index (χ4v) is 0.804. The summed E-state index contributed by atoms with van der Waals surface area (Å²) in [6, 6.07) is 0. The Morgan fingerprint density at radius 2 is 2.45 bits per heavy atom. The molecule has 0 bridgehead atoms. The molecular formula is C6H6N4O. The van der Waals surface area contributed by atoms with Crippen molar-refractivity contribution in [1.29, 1.82) is 0 Å². The van der Waals surface area contributed by atoms with Gasteiger partial charge in [0, 0.05) is 6.08 Å². The Kier molecular flexibility index (Phi) is 1.15. The largest absolute Gasteiger partial charge is 0.383 e. The third-order valence-corrected chi connectivity index (χ3v) is 1.28. The quantitative estimate of drug-likeness (QED) is 0.528. The van der Waals surface area contributed by atoms with Crippen LogP contribution in [0.2, 0.25) is 0 Å². The summed E-state index contributed by atoms with van der Waals surface area (Å²) in [6.07, 6.45) is 4.69. The molecule has 2 heterocycles. The molecule has 1 aliphatic rings. The lowest BCUT2D eigenvalue weighted by Gasteiger charge is -2.13. The Bertz CT molecular complexity index is 309. The van der Waals surface area contributed by atoms with Gasteiger partial charge < -0.3 is 10.6 Å². The van der Waals surface area contributed by atoms with Gasteiger partial charge in [-0.1, -0.05) is 0 Å².